The number of aryl methyl sites for hydroxylation is 1. The number of aromatic amines is 1. The van der Waals surface area contributed by atoms with Gasteiger partial charge < -0.3 is 4.57 Å². The van der Waals surface area contributed by atoms with E-state index in [0.717, 1.165) is 40.9 Å². The second-order valence-electron chi connectivity index (χ2n) is 10.6. The normalized spacial score (nSPS) is 17.0. The van der Waals surface area contributed by atoms with Crippen molar-refractivity contribution in [1.29, 1.82) is 0 Å². The van der Waals surface area contributed by atoms with Gasteiger partial charge in [-0.1, -0.05) is 75.7 Å². The molecule has 0 bridgehead atoms. The van der Waals surface area contributed by atoms with E-state index in [1.807, 2.05) is 28.8 Å². The van der Waals surface area contributed by atoms with Crippen molar-refractivity contribution < 1.29 is 0 Å². The molecule has 4 heterocycles. The number of hydrogen-bond acceptors (Lipinski definition) is 6. The van der Waals surface area contributed by atoms with E-state index in [-0.39, 0.29) is 16.6 Å². The highest BCUT2D eigenvalue weighted by molar-refractivity contribution is 5.80. The molecule has 1 aliphatic heterocycles. The van der Waals surface area contributed by atoms with E-state index in [1.54, 1.807) is 9.36 Å². The molecule has 200 valence electrons. The lowest BCUT2D eigenvalue weighted by molar-refractivity contribution is 0.190. The van der Waals surface area contributed by atoms with Gasteiger partial charge in [0.25, 0.3) is 11.1 Å². The van der Waals surface area contributed by atoms with Crippen molar-refractivity contribution in [2.75, 3.05) is 0 Å². The van der Waals surface area contributed by atoms with Crippen molar-refractivity contribution in [3.8, 4) is 22.5 Å². The Morgan fingerprint density at radius 3 is 2.28 bits per heavy atom. The van der Waals surface area contributed by atoms with Gasteiger partial charge in [-0.3, -0.25) is 9.59 Å². The van der Waals surface area contributed by atoms with Crippen molar-refractivity contribution in [2.45, 2.75) is 59.7 Å². The van der Waals surface area contributed by atoms with E-state index in [4.69, 9.17) is 4.98 Å². The number of nitrogens with one attached hydrogen (secondary N) is 1. The standard InChI is InChI=1S/C29H32N8O2/c1-4-5-10-24-30-25-26(29(39)37-16-19(3)18(2)15-36(37)28(25)38)35(24)17-20-11-13-21(14-12-20)22-8-6-7-9-23(22)27-31-33-34-32-27/h6-9,11-14,18-19H,4-5,10,15-17H2,1-3H3,(H,31,32,33,34). The van der Waals surface area contributed by atoms with Crippen molar-refractivity contribution in [1.82, 2.24) is 39.5 Å². The van der Waals surface area contributed by atoms with Crippen LogP contribution in [0.1, 0.15) is 45.0 Å². The monoisotopic (exact) mass is 524 g/mol. The number of hydrogen-bond donors (Lipinski definition) is 1. The molecule has 0 saturated heterocycles. The number of benzene rings is 2. The number of H-pyrrole nitrogens is 1. The van der Waals surface area contributed by atoms with Crippen LogP contribution in [0.2, 0.25) is 0 Å². The Bertz CT molecular complexity index is 1750. The summed E-state index contributed by atoms with van der Waals surface area (Å²) in [6.07, 6.45) is 2.65. The van der Waals surface area contributed by atoms with Crippen LogP contribution in [0.25, 0.3) is 33.5 Å². The maximum absolute atomic E-state index is 13.8. The molecule has 10 nitrogen and oxygen atoms in total. The lowest BCUT2D eigenvalue weighted by atomic mass is 9.94. The third kappa shape index (κ3) is 4.39. The summed E-state index contributed by atoms with van der Waals surface area (Å²) in [4.78, 5) is 32.1. The van der Waals surface area contributed by atoms with Gasteiger partial charge in [-0.15, -0.1) is 10.2 Å². The van der Waals surface area contributed by atoms with E-state index in [9.17, 15) is 9.59 Å². The highest BCUT2D eigenvalue weighted by Crippen LogP contribution is 2.30. The Kier molecular flexibility index (Phi) is 6.46. The zero-order chi connectivity index (χ0) is 27.1. The number of unbranched alkanes of at least 4 members (excludes halogenated alkanes) is 1. The largest absolute Gasteiger partial charge is 0.319 e. The molecule has 0 amide bonds. The summed E-state index contributed by atoms with van der Waals surface area (Å²) in [5.74, 6) is 1.97. The molecule has 1 aliphatic rings. The van der Waals surface area contributed by atoms with Gasteiger partial charge in [0.15, 0.2) is 5.52 Å². The van der Waals surface area contributed by atoms with E-state index in [1.165, 1.54) is 0 Å². The molecule has 2 atom stereocenters. The van der Waals surface area contributed by atoms with Crippen molar-refractivity contribution >= 4 is 11.0 Å². The lowest BCUT2D eigenvalue weighted by Crippen LogP contribution is -2.46. The number of nitrogens with zero attached hydrogens (tertiary/aromatic N) is 7. The average Bonchev–Trinajstić information content (AvgIpc) is 3.61. The lowest BCUT2D eigenvalue weighted by Gasteiger charge is -2.30. The molecule has 10 heteroatoms. The fourth-order valence-electron chi connectivity index (χ4n) is 5.47. The number of imidazole rings is 1. The molecule has 2 aromatic carbocycles. The number of fused-ring (bicyclic) bond motifs is 2. The van der Waals surface area contributed by atoms with E-state index >= 15 is 0 Å². The highest BCUT2D eigenvalue weighted by Gasteiger charge is 2.28. The second kappa shape index (κ2) is 10.1. The molecule has 0 radical (unpaired) electrons. The SMILES string of the molecule is CCCCc1nc2c(=O)n3n(c(=O)c2n1Cc1ccc(-c2ccccc2-c2nn[nH]n2)cc1)CC(C)C(C)C3. The molecule has 5 aromatic rings. The van der Waals surface area contributed by atoms with Crippen molar-refractivity contribution in [2.24, 2.45) is 11.8 Å². The van der Waals surface area contributed by atoms with Gasteiger partial charge in [-0.05, 0) is 40.2 Å². The quantitative estimate of drug-likeness (QED) is 0.345. The van der Waals surface area contributed by atoms with Gasteiger partial charge in [-0.25, -0.2) is 14.3 Å². The van der Waals surface area contributed by atoms with E-state index in [2.05, 4.69) is 65.7 Å². The van der Waals surface area contributed by atoms with Gasteiger partial charge in [-0.2, -0.15) is 5.21 Å². The predicted molar refractivity (Wildman–Crippen MR) is 149 cm³/mol. The van der Waals surface area contributed by atoms with Crippen LogP contribution in [0.4, 0.5) is 0 Å². The molecule has 39 heavy (non-hydrogen) atoms. The summed E-state index contributed by atoms with van der Waals surface area (Å²) in [6, 6.07) is 16.2. The average molecular weight is 525 g/mol. The summed E-state index contributed by atoms with van der Waals surface area (Å²) in [6.45, 7) is 7.93. The first-order valence-corrected chi connectivity index (χ1v) is 13.6. The summed E-state index contributed by atoms with van der Waals surface area (Å²) in [7, 11) is 0. The molecular formula is C29H32N8O2. The first-order valence-electron chi connectivity index (χ1n) is 13.6. The maximum atomic E-state index is 13.8. The van der Waals surface area contributed by atoms with Crippen molar-refractivity contribution in [3.05, 3.63) is 80.6 Å². The van der Waals surface area contributed by atoms with Gasteiger partial charge in [0, 0.05) is 31.6 Å². The van der Waals surface area contributed by atoms with Crippen LogP contribution < -0.4 is 11.1 Å². The third-order valence-electron chi connectivity index (χ3n) is 7.98. The number of tetrazole rings is 1. The summed E-state index contributed by atoms with van der Waals surface area (Å²) in [5, 5.41) is 14.5. The van der Waals surface area contributed by atoms with Crippen LogP contribution >= 0.6 is 0 Å². The molecule has 3 aromatic heterocycles. The van der Waals surface area contributed by atoms with Crippen LogP contribution in [0.15, 0.2) is 58.1 Å². The number of aromatic nitrogens is 8. The molecule has 0 saturated carbocycles. The highest BCUT2D eigenvalue weighted by atomic mass is 16.2. The fraction of sp³-hybridized carbons (Fsp3) is 0.379. The molecule has 0 aliphatic carbocycles. The maximum Gasteiger partial charge on any atom is 0.293 e. The topological polar surface area (TPSA) is 116 Å². The first kappa shape index (κ1) is 25.0. The van der Waals surface area contributed by atoms with Gasteiger partial charge >= 0.3 is 0 Å². The zero-order valence-electron chi connectivity index (χ0n) is 22.5. The Morgan fingerprint density at radius 2 is 1.62 bits per heavy atom. The Morgan fingerprint density at radius 1 is 0.923 bits per heavy atom. The number of rotatable bonds is 7. The van der Waals surface area contributed by atoms with E-state index in [0.29, 0.717) is 49.2 Å². The van der Waals surface area contributed by atoms with Crippen LogP contribution in [-0.4, -0.2) is 39.5 Å². The minimum absolute atomic E-state index is 0.135. The van der Waals surface area contributed by atoms with Crippen LogP contribution in [0, 0.1) is 11.8 Å². The first-order chi connectivity index (χ1) is 19.0. The second-order valence-corrected chi connectivity index (χ2v) is 10.6. The molecule has 0 spiro atoms. The molecule has 6 rings (SSSR count). The fourth-order valence-corrected chi connectivity index (χ4v) is 5.47. The third-order valence-corrected chi connectivity index (χ3v) is 7.98. The molecular weight excluding hydrogens is 492 g/mol. The molecule has 1 N–H and O–H groups in total. The van der Waals surface area contributed by atoms with Gasteiger partial charge in [0.05, 0.1) is 0 Å². The minimum atomic E-state index is -0.173. The predicted octanol–water partition coefficient (Wildman–Crippen LogP) is 3.88. The molecule has 2 unspecified atom stereocenters. The van der Waals surface area contributed by atoms with Gasteiger partial charge in [0.1, 0.15) is 11.3 Å². The Hall–Kier alpha value is -4.34. The van der Waals surface area contributed by atoms with E-state index < -0.39 is 0 Å². The summed E-state index contributed by atoms with van der Waals surface area (Å²) >= 11 is 0. The zero-order valence-corrected chi connectivity index (χ0v) is 22.5. The Balaban J connectivity index is 1.41. The van der Waals surface area contributed by atoms with Gasteiger partial charge in [0.2, 0.25) is 5.82 Å². The van der Waals surface area contributed by atoms with Crippen LogP contribution in [-0.2, 0) is 26.1 Å². The molecule has 0 fully saturated rings. The van der Waals surface area contributed by atoms with Crippen LogP contribution in [0.5, 0.6) is 0 Å². The van der Waals surface area contributed by atoms with Crippen molar-refractivity contribution in [3.63, 3.8) is 0 Å². The minimum Gasteiger partial charge on any atom is -0.319 e. The smallest absolute Gasteiger partial charge is 0.293 e. The van der Waals surface area contributed by atoms with Crippen LogP contribution in [0.3, 0.4) is 0 Å². The Labute approximate surface area is 225 Å². The summed E-state index contributed by atoms with van der Waals surface area (Å²) in [5.41, 5.74) is 4.34. The summed E-state index contributed by atoms with van der Waals surface area (Å²) < 4.78 is 5.20.